The van der Waals surface area contributed by atoms with Gasteiger partial charge in [-0.15, -0.1) is 5.10 Å². The van der Waals surface area contributed by atoms with Crippen molar-refractivity contribution in [2.24, 2.45) is 5.92 Å². The molecule has 2 N–H and O–H groups in total. The van der Waals surface area contributed by atoms with Crippen LogP contribution in [0, 0.1) is 5.92 Å². The summed E-state index contributed by atoms with van der Waals surface area (Å²) >= 11 is 6.26. The molecule has 0 unspecified atom stereocenters. The van der Waals surface area contributed by atoms with Crippen molar-refractivity contribution in [2.75, 3.05) is 0 Å². The molecule has 8 heteroatoms. The van der Waals surface area contributed by atoms with E-state index in [1.54, 1.807) is 10.7 Å². The maximum atomic E-state index is 12.5. The van der Waals surface area contributed by atoms with E-state index in [2.05, 4.69) is 15.4 Å². The van der Waals surface area contributed by atoms with Gasteiger partial charge in [-0.05, 0) is 37.3 Å². The highest BCUT2D eigenvalue weighted by Crippen LogP contribution is 2.40. The van der Waals surface area contributed by atoms with E-state index in [1.807, 2.05) is 32.0 Å². The number of carbonyl (C=O) groups excluding carboxylic acids is 1. The highest BCUT2D eigenvalue weighted by Gasteiger charge is 2.32. The number of para-hydroxylation sites is 1. The van der Waals surface area contributed by atoms with Gasteiger partial charge in [0.15, 0.2) is 0 Å². The Labute approximate surface area is 156 Å². The van der Waals surface area contributed by atoms with Crippen molar-refractivity contribution < 1.29 is 14.7 Å². The lowest BCUT2D eigenvalue weighted by Gasteiger charge is -2.15. The van der Waals surface area contributed by atoms with Crippen LogP contribution in [0.5, 0.6) is 0 Å². The highest BCUT2D eigenvalue weighted by molar-refractivity contribution is 6.32. The first-order valence-electron chi connectivity index (χ1n) is 8.62. The number of carboxylic acid groups (broad SMARTS) is 1. The van der Waals surface area contributed by atoms with Crippen LogP contribution in [0.3, 0.4) is 0 Å². The van der Waals surface area contributed by atoms with Gasteiger partial charge >= 0.3 is 5.97 Å². The normalized spacial score (nSPS) is 15.1. The van der Waals surface area contributed by atoms with Crippen molar-refractivity contribution in [1.29, 1.82) is 0 Å². The number of nitrogens with one attached hydrogen (secondary N) is 1. The van der Waals surface area contributed by atoms with Crippen LogP contribution < -0.4 is 5.32 Å². The molecule has 1 fully saturated rings. The summed E-state index contributed by atoms with van der Waals surface area (Å²) in [5.74, 6) is -0.648. The molecule has 0 spiro atoms. The van der Waals surface area contributed by atoms with Crippen LogP contribution in [-0.2, 0) is 4.79 Å². The number of aliphatic carboxylic acids is 1. The van der Waals surface area contributed by atoms with E-state index in [4.69, 9.17) is 11.6 Å². The molecule has 26 heavy (non-hydrogen) atoms. The van der Waals surface area contributed by atoms with E-state index in [1.165, 1.54) is 0 Å². The van der Waals surface area contributed by atoms with Gasteiger partial charge in [-0.2, -0.15) is 0 Å². The Morgan fingerprint density at radius 2 is 2.04 bits per heavy atom. The number of benzene rings is 1. The molecule has 0 bridgehead atoms. The summed E-state index contributed by atoms with van der Waals surface area (Å²) in [5, 5.41) is 16.7. The number of nitrogens with zero attached hydrogens (tertiary/aromatic N) is 3. The number of hydrogen-bond donors (Lipinski definition) is 2. The van der Waals surface area contributed by atoms with Gasteiger partial charge in [-0.3, -0.25) is 4.79 Å². The fraction of sp³-hybridized carbons (Fsp3) is 0.444. The summed E-state index contributed by atoms with van der Waals surface area (Å²) in [6.07, 6.45) is 2.30. The second kappa shape index (κ2) is 7.45. The Morgan fingerprint density at radius 1 is 1.35 bits per heavy atom. The third-order valence-corrected chi connectivity index (χ3v) is 4.49. The minimum Gasteiger partial charge on any atom is -0.480 e. The second-order valence-electron chi connectivity index (χ2n) is 6.92. The molecule has 1 heterocycles. The summed E-state index contributed by atoms with van der Waals surface area (Å²) in [7, 11) is 0. The number of carbonyl (C=O) groups is 2. The largest absolute Gasteiger partial charge is 0.480 e. The number of amides is 1. The zero-order valence-corrected chi connectivity index (χ0v) is 15.4. The van der Waals surface area contributed by atoms with Gasteiger partial charge in [0.1, 0.15) is 11.9 Å². The summed E-state index contributed by atoms with van der Waals surface area (Å²) < 4.78 is 1.59. The van der Waals surface area contributed by atoms with Crippen molar-refractivity contribution in [2.45, 2.75) is 45.1 Å². The van der Waals surface area contributed by atoms with Gasteiger partial charge in [0, 0.05) is 5.92 Å². The van der Waals surface area contributed by atoms with Crippen LogP contribution >= 0.6 is 11.6 Å². The van der Waals surface area contributed by atoms with Crippen molar-refractivity contribution >= 4 is 23.5 Å². The minimum absolute atomic E-state index is 0.0400. The predicted molar refractivity (Wildman–Crippen MR) is 96.7 cm³/mol. The number of carboxylic acids is 1. The van der Waals surface area contributed by atoms with E-state index in [0.29, 0.717) is 23.0 Å². The fourth-order valence-corrected chi connectivity index (χ4v) is 2.96. The average Bonchev–Trinajstić information content (AvgIpc) is 3.33. The maximum absolute atomic E-state index is 12.5. The van der Waals surface area contributed by atoms with Crippen LogP contribution in [-0.4, -0.2) is 37.8 Å². The minimum atomic E-state index is -1.07. The molecule has 138 valence electrons. The van der Waals surface area contributed by atoms with Crippen molar-refractivity contribution in [3.05, 3.63) is 40.9 Å². The SMILES string of the molecule is CC(C)C[C@H](NC(=O)c1nc(C2CC2)n(-c2ccccc2Cl)n1)C(=O)O. The van der Waals surface area contributed by atoms with Gasteiger partial charge in [0.25, 0.3) is 5.91 Å². The number of hydrogen-bond acceptors (Lipinski definition) is 4. The molecule has 1 saturated carbocycles. The molecule has 1 amide bonds. The lowest BCUT2D eigenvalue weighted by Crippen LogP contribution is -2.42. The summed E-state index contributed by atoms with van der Waals surface area (Å²) in [6.45, 7) is 3.80. The molecule has 0 aliphatic heterocycles. The van der Waals surface area contributed by atoms with Crippen LogP contribution in [0.4, 0.5) is 0 Å². The first-order valence-corrected chi connectivity index (χ1v) is 9.00. The Kier molecular flexibility index (Phi) is 5.27. The van der Waals surface area contributed by atoms with Gasteiger partial charge in [-0.1, -0.05) is 37.6 Å². The molecule has 1 aliphatic carbocycles. The van der Waals surface area contributed by atoms with Crippen molar-refractivity contribution in [1.82, 2.24) is 20.1 Å². The first-order chi connectivity index (χ1) is 12.4. The molecule has 1 aliphatic rings. The Balaban J connectivity index is 1.89. The molecule has 0 radical (unpaired) electrons. The summed E-state index contributed by atoms with van der Waals surface area (Å²) in [6, 6.07) is 6.24. The van der Waals surface area contributed by atoms with Gasteiger partial charge in [-0.25, -0.2) is 14.5 Å². The molecule has 7 nitrogen and oxygen atoms in total. The standard InChI is InChI=1S/C18H21ClN4O3/c1-10(2)9-13(18(25)26)20-17(24)15-21-16(11-7-8-11)23(22-15)14-6-4-3-5-12(14)19/h3-6,10-11,13H,7-9H2,1-2H3,(H,20,24)(H,25,26)/t13-/m0/s1. The monoisotopic (exact) mass is 376 g/mol. The molecule has 1 aromatic heterocycles. The zero-order valence-electron chi connectivity index (χ0n) is 14.6. The van der Waals surface area contributed by atoms with Crippen LogP contribution in [0.1, 0.15) is 55.5 Å². The van der Waals surface area contributed by atoms with E-state index in [9.17, 15) is 14.7 Å². The van der Waals surface area contributed by atoms with E-state index in [0.717, 1.165) is 12.8 Å². The molecular formula is C18H21ClN4O3. The Morgan fingerprint density at radius 3 is 2.62 bits per heavy atom. The van der Waals surface area contributed by atoms with Gasteiger partial charge in [0.2, 0.25) is 5.82 Å². The lowest BCUT2D eigenvalue weighted by molar-refractivity contribution is -0.139. The Bertz CT molecular complexity index is 830. The summed E-state index contributed by atoms with van der Waals surface area (Å²) in [5.41, 5.74) is 0.652. The van der Waals surface area contributed by atoms with Crippen LogP contribution in [0.2, 0.25) is 5.02 Å². The molecule has 3 rings (SSSR count). The fourth-order valence-electron chi connectivity index (χ4n) is 2.74. The summed E-state index contributed by atoms with van der Waals surface area (Å²) in [4.78, 5) is 28.3. The molecule has 2 aromatic rings. The lowest BCUT2D eigenvalue weighted by atomic mass is 10.0. The number of halogens is 1. The topological polar surface area (TPSA) is 97.1 Å². The van der Waals surface area contributed by atoms with Gasteiger partial charge in [0.05, 0.1) is 10.7 Å². The molecule has 0 saturated heterocycles. The predicted octanol–water partition coefficient (Wildman–Crippen LogP) is 3.03. The van der Waals surface area contributed by atoms with Crippen molar-refractivity contribution in [3.8, 4) is 5.69 Å². The van der Waals surface area contributed by atoms with E-state index in [-0.39, 0.29) is 17.7 Å². The van der Waals surface area contributed by atoms with Crippen LogP contribution in [0.15, 0.2) is 24.3 Å². The highest BCUT2D eigenvalue weighted by atomic mass is 35.5. The molecule has 1 aromatic carbocycles. The van der Waals surface area contributed by atoms with Crippen LogP contribution in [0.25, 0.3) is 5.69 Å². The molecule has 1 atom stereocenters. The van der Waals surface area contributed by atoms with E-state index >= 15 is 0 Å². The zero-order chi connectivity index (χ0) is 18.8. The Hall–Kier alpha value is -2.41. The quantitative estimate of drug-likeness (QED) is 0.774. The molecular weight excluding hydrogens is 356 g/mol. The first kappa shape index (κ1) is 18.4. The number of aromatic nitrogens is 3. The van der Waals surface area contributed by atoms with Crippen molar-refractivity contribution in [3.63, 3.8) is 0 Å². The van der Waals surface area contributed by atoms with E-state index < -0.39 is 17.9 Å². The third-order valence-electron chi connectivity index (χ3n) is 4.17. The van der Waals surface area contributed by atoms with Gasteiger partial charge < -0.3 is 10.4 Å². The number of rotatable bonds is 7. The third kappa shape index (κ3) is 4.04. The maximum Gasteiger partial charge on any atom is 0.326 e. The second-order valence-corrected chi connectivity index (χ2v) is 7.33. The smallest absolute Gasteiger partial charge is 0.326 e. The average molecular weight is 377 g/mol.